The molecule has 3 aliphatic rings. The molecule has 8 rings (SSSR count). The third kappa shape index (κ3) is 4.62. The average Bonchev–Trinajstić information content (AvgIpc) is 3.87. The number of carbonyl (C=O) groups is 1. The molecular weight excluding hydrogens is 570 g/mol. The lowest BCUT2D eigenvalue weighted by Gasteiger charge is -2.28. The van der Waals surface area contributed by atoms with E-state index in [0.29, 0.717) is 53.8 Å². The van der Waals surface area contributed by atoms with E-state index in [4.69, 9.17) is 24.2 Å². The van der Waals surface area contributed by atoms with Crippen LogP contribution in [-0.2, 0) is 24.9 Å². The summed E-state index contributed by atoms with van der Waals surface area (Å²) in [6.07, 6.45) is 8.78. The number of morpholine rings is 1. The monoisotopic (exact) mass is 603 g/mol. The SMILES string of the molecule is COc1ccc(CN2Cc3c(-c4ccnc5c4ccn5C)ncc(Nc4ccc(N5C[C@H]6C[C@@H]5CO6)cn4)c3C2=O)c(OC)c1. The van der Waals surface area contributed by atoms with E-state index in [9.17, 15) is 4.79 Å². The number of hydrogen-bond acceptors (Lipinski definition) is 9. The Balaban J connectivity index is 1.16. The van der Waals surface area contributed by atoms with E-state index in [1.807, 2.05) is 65.3 Å². The van der Waals surface area contributed by atoms with Crippen molar-refractivity contribution in [1.29, 1.82) is 0 Å². The smallest absolute Gasteiger partial charge is 0.257 e. The van der Waals surface area contributed by atoms with Crippen molar-refractivity contribution in [3.8, 4) is 22.8 Å². The van der Waals surface area contributed by atoms with Gasteiger partial charge >= 0.3 is 0 Å². The van der Waals surface area contributed by atoms with Crippen LogP contribution in [0.2, 0.25) is 0 Å². The highest BCUT2D eigenvalue weighted by molar-refractivity contribution is 6.06. The van der Waals surface area contributed by atoms with Crippen LogP contribution in [0, 0.1) is 0 Å². The molecule has 2 fully saturated rings. The average molecular weight is 604 g/mol. The predicted molar refractivity (Wildman–Crippen MR) is 170 cm³/mol. The van der Waals surface area contributed by atoms with Crippen molar-refractivity contribution in [2.45, 2.75) is 31.7 Å². The van der Waals surface area contributed by atoms with E-state index in [0.717, 1.165) is 58.7 Å². The number of nitrogens with one attached hydrogen (secondary N) is 1. The predicted octanol–water partition coefficient (Wildman–Crippen LogP) is 4.92. The number of fused-ring (bicyclic) bond motifs is 4. The second-order valence-electron chi connectivity index (χ2n) is 11.8. The number of nitrogens with zero attached hydrogens (tertiary/aromatic N) is 6. The summed E-state index contributed by atoms with van der Waals surface area (Å²) < 4.78 is 18.8. The molecule has 2 bridgehead atoms. The van der Waals surface area contributed by atoms with Crippen LogP contribution in [0.15, 0.2) is 67.3 Å². The topological polar surface area (TPSA) is 107 Å². The van der Waals surface area contributed by atoms with Crippen molar-refractivity contribution < 1.29 is 19.0 Å². The van der Waals surface area contributed by atoms with Crippen molar-refractivity contribution in [3.05, 3.63) is 83.9 Å². The van der Waals surface area contributed by atoms with Crippen LogP contribution < -0.4 is 19.7 Å². The summed E-state index contributed by atoms with van der Waals surface area (Å²) in [7, 11) is 5.21. The quantitative estimate of drug-likeness (QED) is 0.264. The molecule has 0 unspecified atom stereocenters. The summed E-state index contributed by atoms with van der Waals surface area (Å²) in [5.74, 6) is 1.92. The number of pyridine rings is 3. The summed E-state index contributed by atoms with van der Waals surface area (Å²) in [4.78, 5) is 32.6. The summed E-state index contributed by atoms with van der Waals surface area (Å²) in [6.45, 7) is 2.42. The van der Waals surface area contributed by atoms with Gasteiger partial charge in [0.05, 0.1) is 68.0 Å². The third-order valence-corrected chi connectivity index (χ3v) is 9.15. The van der Waals surface area contributed by atoms with Crippen LogP contribution in [0.25, 0.3) is 22.3 Å². The number of ether oxygens (including phenoxy) is 3. The number of anilines is 3. The van der Waals surface area contributed by atoms with Crippen molar-refractivity contribution in [1.82, 2.24) is 24.4 Å². The first-order valence-corrected chi connectivity index (χ1v) is 15.0. The highest BCUT2D eigenvalue weighted by atomic mass is 16.5. The van der Waals surface area contributed by atoms with E-state index in [2.05, 4.69) is 21.3 Å². The first-order valence-electron chi connectivity index (χ1n) is 15.0. The van der Waals surface area contributed by atoms with Gasteiger partial charge in [0.25, 0.3) is 5.91 Å². The summed E-state index contributed by atoms with van der Waals surface area (Å²) in [5.41, 5.74) is 6.60. The molecular formula is C34H33N7O4. The van der Waals surface area contributed by atoms with Gasteiger partial charge < -0.3 is 33.9 Å². The Morgan fingerprint density at radius 1 is 1.04 bits per heavy atom. The highest BCUT2D eigenvalue weighted by Crippen LogP contribution is 2.40. The number of rotatable bonds is 8. The standard InChI is InChI=1S/C34H33N7O4/c1-39-11-9-26-25(8-10-35-33(26)39)32-27-18-40(16-20-4-6-23(43-2)13-29(20)44-3)34(42)31(27)28(15-37-32)38-30-7-5-21(14-36-30)41-17-24-12-22(41)19-45-24/h4-11,13-15,22,24H,12,16-19H2,1-3H3,(H,36,38)/t22-,24-/m1/s1. The molecule has 11 heteroatoms. The van der Waals surface area contributed by atoms with E-state index in [1.165, 1.54) is 0 Å². The second-order valence-corrected chi connectivity index (χ2v) is 11.8. The Kier molecular flexibility index (Phi) is 6.56. The lowest BCUT2D eigenvalue weighted by atomic mass is 10.0. The minimum absolute atomic E-state index is 0.0860. The molecule has 2 atom stereocenters. The molecule has 0 saturated carbocycles. The Hall–Kier alpha value is -5.16. The number of amides is 1. The Labute approximate surface area is 260 Å². The maximum atomic E-state index is 14.2. The molecule has 11 nitrogen and oxygen atoms in total. The molecule has 4 aromatic heterocycles. The van der Waals surface area contributed by atoms with Crippen molar-refractivity contribution in [2.24, 2.45) is 7.05 Å². The molecule has 0 radical (unpaired) electrons. The van der Waals surface area contributed by atoms with Crippen LogP contribution in [0.1, 0.15) is 27.9 Å². The zero-order chi connectivity index (χ0) is 30.7. The number of aromatic nitrogens is 4. The molecule has 1 amide bonds. The Bertz CT molecular complexity index is 1940. The number of carbonyl (C=O) groups excluding carboxylic acids is 1. The molecule has 1 aromatic carbocycles. The molecule has 7 heterocycles. The van der Waals surface area contributed by atoms with Gasteiger partial charge in [0, 0.05) is 67.2 Å². The number of benzene rings is 1. The number of methoxy groups -OCH3 is 2. The van der Waals surface area contributed by atoms with E-state index < -0.39 is 0 Å². The molecule has 1 N–H and O–H groups in total. The first kappa shape index (κ1) is 27.4. The van der Waals surface area contributed by atoms with E-state index in [-0.39, 0.29) is 5.91 Å². The number of hydrogen-bond donors (Lipinski definition) is 1. The Morgan fingerprint density at radius 3 is 2.71 bits per heavy atom. The zero-order valence-corrected chi connectivity index (χ0v) is 25.4. The van der Waals surface area contributed by atoms with Gasteiger partial charge in [-0.25, -0.2) is 9.97 Å². The fraction of sp³-hybridized carbons (Fsp3) is 0.294. The maximum absolute atomic E-state index is 14.2. The van der Waals surface area contributed by atoms with Gasteiger partial charge in [-0.15, -0.1) is 0 Å². The lowest BCUT2D eigenvalue weighted by molar-refractivity contribution is 0.0766. The maximum Gasteiger partial charge on any atom is 0.257 e. The molecule has 0 aliphatic carbocycles. The van der Waals surface area contributed by atoms with E-state index in [1.54, 1.807) is 26.6 Å². The normalized spacial score (nSPS) is 18.6. The molecule has 45 heavy (non-hydrogen) atoms. The largest absolute Gasteiger partial charge is 0.497 e. The van der Waals surface area contributed by atoms with Crippen LogP contribution in [0.4, 0.5) is 17.2 Å². The van der Waals surface area contributed by atoms with Crippen molar-refractivity contribution >= 4 is 34.1 Å². The van der Waals surface area contributed by atoms with Crippen molar-refractivity contribution in [2.75, 3.05) is 37.6 Å². The molecule has 0 spiro atoms. The summed E-state index contributed by atoms with van der Waals surface area (Å²) in [6, 6.07) is 14.1. The Morgan fingerprint density at radius 2 is 1.96 bits per heavy atom. The first-order chi connectivity index (χ1) is 22.0. The summed E-state index contributed by atoms with van der Waals surface area (Å²) >= 11 is 0. The third-order valence-electron chi connectivity index (χ3n) is 9.15. The van der Waals surface area contributed by atoms with Gasteiger partial charge in [-0.3, -0.25) is 9.78 Å². The van der Waals surface area contributed by atoms with Crippen LogP contribution in [-0.4, -0.2) is 69.8 Å². The molecule has 2 saturated heterocycles. The van der Waals surface area contributed by atoms with Crippen LogP contribution in [0.5, 0.6) is 11.5 Å². The minimum Gasteiger partial charge on any atom is -0.497 e. The lowest BCUT2D eigenvalue weighted by Crippen LogP contribution is -2.36. The van der Waals surface area contributed by atoms with Crippen LogP contribution in [0.3, 0.4) is 0 Å². The molecule has 5 aromatic rings. The minimum atomic E-state index is -0.0860. The van der Waals surface area contributed by atoms with Gasteiger partial charge in [-0.05, 0) is 42.8 Å². The molecule has 3 aliphatic heterocycles. The second kappa shape index (κ2) is 10.8. The zero-order valence-electron chi connectivity index (χ0n) is 25.4. The van der Waals surface area contributed by atoms with Gasteiger partial charge in [0.1, 0.15) is 23.0 Å². The van der Waals surface area contributed by atoms with Gasteiger partial charge in [0.15, 0.2) is 0 Å². The molecule has 228 valence electrons. The van der Waals surface area contributed by atoms with Gasteiger partial charge in [-0.2, -0.15) is 0 Å². The fourth-order valence-electron chi connectivity index (χ4n) is 6.87. The fourth-order valence-corrected chi connectivity index (χ4v) is 6.87. The van der Waals surface area contributed by atoms with E-state index >= 15 is 0 Å². The van der Waals surface area contributed by atoms with Crippen molar-refractivity contribution in [3.63, 3.8) is 0 Å². The van der Waals surface area contributed by atoms with Gasteiger partial charge in [0.2, 0.25) is 0 Å². The number of aryl methyl sites for hydroxylation is 1. The van der Waals surface area contributed by atoms with Gasteiger partial charge in [-0.1, -0.05) is 0 Å². The summed E-state index contributed by atoms with van der Waals surface area (Å²) in [5, 5.41) is 4.39. The van der Waals surface area contributed by atoms with Crippen LogP contribution >= 0.6 is 0 Å². The highest BCUT2D eigenvalue weighted by Gasteiger charge is 2.39.